The van der Waals surface area contributed by atoms with Crippen LogP contribution in [0.1, 0.15) is 17.0 Å². The number of anilines is 2. The molecule has 3 N–H and O–H groups in total. The van der Waals surface area contributed by atoms with Crippen LogP contribution in [0, 0.1) is 13.8 Å². The van der Waals surface area contributed by atoms with Crippen LogP contribution in [0.5, 0.6) is 0 Å². The summed E-state index contributed by atoms with van der Waals surface area (Å²) in [5, 5.41) is 7.18. The van der Waals surface area contributed by atoms with Gasteiger partial charge in [0.15, 0.2) is 0 Å². The molecule has 0 fully saturated rings. The van der Waals surface area contributed by atoms with Crippen molar-refractivity contribution in [1.29, 1.82) is 0 Å². The maximum absolute atomic E-state index is 12.0. The van der Waals surface area contributed by atoms with Crippen LogP contribution in [-0.4, -0.2) is 15.7 Å². The lowest BCUT2D eigenvalue weighted by Crippen LogP contribution is -2.15. The van der Waals surface area contributed by atoms with E-state index in [4.69, 9.17) is 5.73 Å². The molecule has 19 heavy (non-hydrogen) atoms. The quantitative estimate of drug-likeness (QED) is 0.824. The van der Waals surface area contributed by atoms with Gasteiger partial charge in [-0.05, 0) is 31.5 Å². The van der Waals surface area contributed by atoms with Crippen LogP contribution in [0.25, 0.3) is 0 Å². The van der Waals surface area contributed by atoms with Crippen molar-refractivity contribution < 1.29 is 4.79 Å². The Morgan fingerprint density at radius 1 is 1.32 bits per heavy atom. The largest absolute Gasteiger partial charge is 0.399 e. The van der Waals surface area contributed by atoms with Crippen molar-refractivity contribution in [2.75, 3.05) is 11.1 Å². The van der Waals surface area contributed by atoms with Crippen LogP contribution >= 0.6 is 0 Å². The first-order valence-electron chi connectivity index (χ1n) is 6.12. The van der Waals surface area contributed by atoms with E-state index in [1.165, 1.54) is 0 Å². The maximum Gasteiger partial charge on any atom is 0.228 e. The second kappa shape index (κ2) is 5.14. The summed E-state index contributed by atoms with van der Waals surface area (Å²) in [7, 11) is 1.86. The molecule has 2 rings (SSSR count). The molecule has 1 heterocycles. The van der Waals surface area contributed by atoms with Crippen molar-refractivity contribution in [2.24, 2.45) is 7.05 Å². The third-order valence-corrected chi connectivity index (χ3v) is 3.12. The fourth-order valence-corrected chi connectivity index (χ4v) is 1.96. The molecular formula is C14H18N4O. The van der Waals surface area contributed by atoms with Gasteiger partial charge in [0.1, 0.15) is 0 Å². The monoisotopic (exact) mass is 258 g/mol. The van der Waals surface area contributed by atoms with Crippen LogP contribution < -0.4 is 11.1 Å². The van der Waals surface area contributed by atoms with E-state index in [1.807, 2.05) is 33.0 Å². The normalized spacial score (nSPS) is 10.5. The zero-order valence-corrected chi connectivity index (χ0v) is 11.4. The topological polar surface area (TPSA) is 72.9 Å². The number of nitrogen functional groups attached to an aromatic ring is 1. The Hall–Kier alpha value is -2.30. The van der Waals surface area contributed by atoms with Crippen molar-refractivity contribution >= 4 is 17.3 Å². The summed E-state index contributed by atoms with van der Waals surface area (Å²) in [5.41, 5.74) is 9.81. The van der Waals surface area contributed by atoms with Crippen molar-refractivity contribution in [1.82, 2.24) is 9.78 Å². The smallest absolute Gasteiger partial charge is 0.228 e. The number of carbonyl (C=O) groups excluding carboxylic acids is 1. The van der Waals surface area contributed by atoms with Gasteiger partial charge >= 0.3 is 0 Å². The summed E-state index contributed by atoms with van der Waals surface area (Å²) in [6.45, 7) is 3.81. The lowest BCUT2D eigenvalue weighted by molar-refractivity contribution is -0.115. The molecule has 0 aliphatic carbocycles. The lowest BCUT2D eigenvalue weighted by atomic mass is 10.1. The van der Waals surface area contributed by atoms with Gasteiger partial charge in [-0.1, -0.05) is 12.1 Å². The third-order valence-electron chi connectivity index (χ3n) is 3.12. The third kappa shape index (κ3) is 2.93. The molecule has 0 unspecified atom stereocenters. The summed E-state index contributed by atoms with van der Waals surface area (Å²) in [4.78, 5) is 12.0. The second-order valence-electron chi connectivity index (χ2n) is 4.64. The highest BCUT2D eigenvalue weighted by Crippen LogP contribution is 2.18. The molecule has 1 aromatic heterocycles. The molecule has 5 heteroatoms. The fourth-order valence-electron chi connectivity index (χ4n) is 1.96. The van der Waals surface area contributed by atoms with E-state index in [0.29, 0.717) is 12.1 Å². The Bertz CT molecular complexity index is 599. The molecule has 0 spiro atoms. The minimum atomic E-state index is -0.0519. The SMILES string of the molecule is Cc1nn(C)c(C)c1NC(=O)Cc1ccc(N)cc1. The first kappa shape index (κ1) is 13.1. The molecule has 5 nitrogen and oxygen atoms in total. The van der Waals surface area contributed by atoms with Crippen LogP contribution in [0.2, 0.25) is 0 Å². The zero-order chi connectivity index (χ0) is 14.0. The Balaban J connectivity index is 2.07. The second-order valence-corrected chi connectivity index (χ2v) is 4.64. The Kier molecular flexibility index (Phi) is 3.55. The van der Waals surface area contributed by atoms with E-state index in [9.17, 15) is 4.79 Å². The van der Waals surface area contributed by atoms with E-state index in [-0.39, 0.29) is 5.91 Å². The molecule has 2 aromatic rings. The number of nitrogens with one attached hydrogen (secondary N) is 1. The molecule has 100 valence electrons. The maximum atomic E-state index is 12.0. The van der Waals surface area contributed by atoms with Crippen molar-refractivity contribution in [2.45, 2.75) is 20.3 Å². The van der Waals surface area contributed by atoms with Crippen molar-refractivity contribution in [3.05, 3.63) is 41.2 Å². The van der Waals surface area contributed by atoms with E-state index in [0.717, 1.165) is 22.6 Å². The van der Waals surface area contributed by atoms with Crippen LogP contribution in [-0.2, 0) is 18.3 Å². The van der Waals surface area contributed by atoms with Gasteiger partial charge in [0.2, 0.25) is 5.91 Å². The van der Waals surface area contributed by atoms with Crippen LogP contribution in [0.4, 0.5) is 11.4 Å². The van der Waals surface area contributed by atoms with Crippen molar-refractivity contribution in [3.63, 3.8) is 0 Å². The summed E-state index contributed by atoms with van der Waals surface area (Å²) in [6.07, 6.45) is 0.327. The molecule has 0 bridgehead atoms. The van der Waals surface area contributed by atoms with E-state index in [2.05, 4.69) is 10.4 Å². The molecule has 1 aromatic carbocycles. The molecule has 1 amide bonds. The Labute approximate surface area is 112 Å². The van der Waals surface area contributed by atoms with Gasteiger partial charge in [0.05, 0.1) is 23.5 Å². The highest BCUT2D eigenvalue weighted by atomic mass is 16.1. The number of hydrogen-bond donors (Lipinski definition) is 2. The van der Waals surface area contributed by atoms with E-state index in [1.54, 1.807) is 16.8 Å². The molecule has 0 radical (unpaired) electrons. The summed E-state index contributed by atoms with van der Waals surface area (Å²) in [5.74, 6) is -0.0519. The van der Waals surface area contributed by atoms with Gasteiger partial charge in [0.25, 0.3) is 0 Å². The highest BCUT2D eigenvalue weighted by Gasteiger charge is 2.12. The van der Waals surface area contributed by atoms with Gasteiger partial charge in [-0.25, -0.2) is 0 Å². The number of benzene rings is 1. The van der Waals surface area contributed by atoms with Crippen molar-refractivity contribution in [3.8, 4) is 0 Å². The molecule has 0 saturated carbocycles. The summed E-state index contributed by atoms with van der Waals surface area (Å²) in [6, 6.07) is 7.31. The average molecular weight is 258 g/mol. The number of rotatable bonds is 3. The Morgan fingerprint density at radius 2 is 1.95 bits per heavy atom. The lowest BCUT2D eigenvalue weighted by Gasteiger charge is -2.06. The molecule has 0 aliphatic heterocycles. The van der Waals surface area contributed by atoms with Gasteiger partial charge in [-0.2, -0.15) is 5.10 Å². The number of carbonyl (C=O) groups is 1. The zero-order valence-electron chi connectivity index (χ0n) is 11.4. The highest BCUT2D eigenvalue weighted by molar-refractivity contribution is 5.93. The Morgan fingerprint density at radius 3 is 2.47 bits per heavy atom. The number of aromatic nitrogens is 2. The summed E-state index contributed by atoms with van der Waals surface area (Å²) < 4.78 is 1.76. The number of amides is 1. The van der Waals surface area contributed by atoms with Gasteiger partial charge in [0, 0.05) is 12.7 Å². The fraction of sp³-hybridized carbons (Fsp3) is 0.286. The number of nitrogens with zero attached hydrogens (tertiary/aromatic N) is 2. The molecular weight excluding hydrogens is 240 g/mol. The van der Waals surface area contributed by atoms with Gasteiger partial charge in [-0.15, -0.1) is 0 Å². The minimum absolute atomic E-state index is 0.0519. The molecule has 0 aliphatic rings. The van der Waals surface area contributed by atoms with E-state index >= 15 is 0 Å². The van der Waals surface area contributed by atoms with E-state index < -0.39 is 0 Å². The molecule has 0 atom stereocenters. The number of hydrogen-bond acceptors (Lipinski definition) is 3. The van der Waals surface area contributed by atoms with Gasteiger partial charge < -0.3 is 11.1 Å². The van der Waals surface area contributed by atoms with Gasteiger partial charge in [-0.3, -0.25) is 9.48 Å². The first-order valence-corrected chi connectivity index (χ1v) is 6.12. The summed E-state index contributed by atoms with van der Waals surface area (Å²) >= 11 is 0. The number of aryl methyl sites for hydroxylation is 2. The minimum Gasteiger partial charge on any atom is -0.399 e. The molecule has 0 saturated heterocycles. The first-order chi connectivity index (χ1) is 8.97. The number of nitrogens with two attached hydrogens (primary N) is 1. The predicted octanol–water partition coefficient (Wildman–Crippen LogP) is 1.80. The van der Waals surface area contributed by atoms with Crippen LogP contribution in [0.15, 0.2) is 24.3 Å². The van der Waals surface area contributed by atoms with Crippen LogP contribution in [0.3, 0.4) is 0 Å². The average Bonchev–Trinajstić information content (AvgIpc) is 2.59. The standard InChI is InChI=1S/C14H18N4O/c1-9-14(10(2)18(3)17-9)16-13(19)8-11-4-6-12(15)7-5-11/h4-7H,8,15H2,1-3H3,(H,16,19). The predicted molar refractivity (Wildman–Crippen MR) is 75.9 cm³/mol.